The van der Waals surface area contributed by atoms with Crippen molar-refractivity contribution in [3.63, 3.8) is 0 Å². The lowest BCUT2D eigenvalue weighted by atomic mass is 10.1. The Morgan fingerprint density at radius 3 is 2.27 bits per heavy atom. The van der Waals surface area contributed by atoms with Crippen molar-refractivity contribution >= 4 is 11.9 Å². The maximum Gasteiger partial charge on any atom is 0.335 e. The van der Waals surface area contributed by atoms with Crippen LogP contribution in [0.25, 0.3) is 0 Å². The zero-order valence-electron chi connectivity index (χ0n) is 14.8. The predicted molar refractivity (Wildman–Crippen MR) is 95.0 cm³/mol. The summed E-state index contributed by atoms with van der Waals surface area (Å²) in [5.74, 6) is 0.386. The molecule has 0 saturated heterocycles. The van der Waals surface area contributed by atoms with E-state index in [1.54, 1.807) is 32.4 Å². The molecular formula is C19H21NO6. The molecule has 0 aliphatic heterocycles. The molecule has 1 atom stereocenters. The van der Waals surface area contributed by atoms with Gasteiger partial charge in [0.25, 0.3) is 5.91 Å². The normalized spacial score (nSPS) is 11.3. The van der Waals surface area contributed by atoms with Gasteiger partial charge in [-0.15, -0.1) is 0 Å². The van der Waals surface area contributed by atoms with E-state index in [4.69, 9.17) is 19.3 Å². The van der Waals surface area contributed by atoms with E-state index >= 15 is 0 Å². The van der Waals surface area contributed by atoms with E-state index in [1.807, 2.05) is 6.92 Å². The molecule has 2 aromatic rings. The molecule has 0 bridgehead atoms. The first-order chi connectivity index (χ1) is 12.4. The number of nitrogens with one attached hydrogen (secondary N) is 1. The van der Waals surface area contributed by atoms with E-state index < -0.39 is 5.97 Å². The molecule has 26 heavy (non-hydrogen) atoms. The molecule has 138 valence electrons. The Bertz CT molecular complexity index is 772. The second-order valence-electron chi connectivity index (χ2n) is 5.52. The average molecular weight is 359 g/mol. The van der Waals surface area contributed by atoms with Crippen LogP contribution in [0.15, 0.2) is 42.5 Å². The number of amides is 1. The Hall–Kier alpha value is -3.22. The van der Waals surface area contributed by atoms with Crippen LogP contribution in [0.1, 0.15) is 28.9 Å². The number of aromatic carboxylic acids is 1. The smallest absolute Gasteiger partial charge is 0.335 e. The van der Waals surface area contributed by atoms with E-state index in [0.717, 1.165) is 5.56 Å². The minimum absolute atomic E-state index is 0.153. The topological polar surface area (TPSA) is 94.1 Å². The summed E-state index contributed by atoms with van der Waals surface area (Å²) in [5, 5.41) is 11.7. The number of rotatable bonds is 8. The van der Waals surface area contributed by atoms with Crippen molar-refractivity contribution < 1.29 is 28.9 Å². The van der Waals surface area contributed by atoms with Crippen LogP contribution >= 0.6 is 0 Å². The quantitative estimate of drug-likeness (QED) is 0.753. The van der Waals surface area contributed by atoms with Gasteiger partial charge < -0.3 is 24.6 Å². The van der Waals surface area contributed by atoms with E-state index in [1.165, 1.54) is 24.3 Å². The maximum absolute atomic E-state index is 12.1. The molecule has 0 saturated carbocycles. The summed E-state index contributed by atoms with van der Waals surface area (Å²) in [4.78, 5) is 22.9. The van der Waals surface area contributed by atoms with Crippen LogP contribution in [0.2, 0.25) is 0 Å². The number of carbonyl (C=O) groups is 2. The third kappa shape index (κ3) is 4.89. The first kappa shape index (κ1) is 19.1. The number of methoxy groups -OCH3 is 2. The molecule has 7 heteroatoms. The van der Waals surface area contributed by atoms with Gasteiger partial charge in [-0.05, 0) is 49.4 Å². The number of ether oxygens (including phenoxy) is 3. The fraction of sp³-hybridized carbons (Fsp3) is 0.263. The molecule has 2 rings (SSSR count). The lowest BCUT2D eigenvalue weighted by Gasteiger charge is -2.18. The fourth-order valence-electron chi connectivity index (χ4n) is 2.38. The molecule has 0 aliphatic carbocycles. The Labute approximate surface area is 151 Å². The highest BCUT2D eigenvalue weighted by Gasteiger charge is 2.15. The largest absolute Gasteiger partial charge is 0.497 e. The van der Waals surface area contributed by atoms with Gasteiger partial charge in [0.2, 0.25) is 0 Å². The van der Waals surface area contributed by atoms with Crippen LogP contribution in [-0.4, -0.2) is 37.8 Å². The first-order valence-electron chi connectivity index (χ1n) is 7.92. The maximum atomic E-state index is 12.1. The van der Waals surface area contributed by atoms with Crippen LogP contribution < -0.4 is 19.5 Å². The standard InChI is InChI=1S/C19H21NO6/c1-12(16-10-15(24-2)8-9-17(16)25-3)20-18(21)11-26-14-6-4-13(5-7-14)19(22)23/h4-10,12H,11H2,1-3H3,(H,20,21)(H,22,23)/t12-/m0/s1. The molecule has 0 heterocycles. The van der Waals surface area contributed by atoms with Crippen molar-refractivity contribution in [3.8, 4) is 17.2 Å². The average Bonchev–Trinajstić information content (AvgIpc) is 2.66. The SMILES string of the molecule is COc1ccc(OC)c([C@H](C)NC(=O)COc2ccc(C(=O)O)cc2)c1. The molecule has 0 aromatic heterocycles. The lowest BCUT2D eigenvalue weighted by molar-refractivity contribution is -0.123. The van der Waals surface area contributed by atoms with Gasteiger partial charge in [-0.3, -0.25) is 4.79 Å². The molecule has 2 aromatic carbocycles. The minimum Gasteiger partial charge on any atom is -0.497 e. The van der Waals surface area contributed by atoms with Crippen molar-refractivity contribution in [2.75, 3.05) is 20.8 Å². The van der Waals surface area contributed by atoms with Crippen LogP contribution in [0.3, 0.4) is 0 Å². The minimum atomic E-state index is -1.02. The molecule has 0 radical (unpaired) electrons. The number of carbonyl (C=O) groups excluding carboxylic acids is 1. The van der Waals surface area contributed by atoms with Crippen molar-refractivity contribution in [2.45, 2.75) is 13.0 Å². The summed E-state index contributed by atoms with van der Waals surface area (Å²) >= 11 is 0. The van der Waals surface area contributed by atoms with Crippen molar-refractivity contribution in [3.05, 3.63) is 53.6 Å². The Morgan fingerprint density at radius 2 is 1.69 bits per heavy atom. The Balaban J connectivity index is 1.95. The summed E-state index contributed by atoms with van der Waals surface area (Å²) in [5.41, 5.74) is 0.937. The lowest BCUT2D eigenvalue weighted by Crippen LogP contribution is -2.31. The fourth-order valence-corrected chi connectivity index (χ4v) is 2.38. The van der Waals surface area contributed by atoms with Gasteiger partial charge in [0.05, 0.1) is 25.8 Å². The second kappa shape index (κ2) is 8.75. The summed E-state index contributed by atoms with van der Waals surface area (Å²) in [7, 11) is 3.13. The second-order valence-corrected chi connectivity index (χ2v) is 5.52. The number of hydrogen-bond donors (Lipinski definition) is 2. The predicted octanol–water partition coefficient (Wildman–Crippen LogP) is 2.66. The van der Waals surface area contributed by atoms with Crippen molar-refractivity contribution in [1.29, 1.82) is 0 Å². The third-order valence-corrected chi connectivity index (χ3v) is 3.75. The Kier molecular flexibility index (Phi) is 6.43. The molecule has 0 spiro atoms. The van der Waals surface area contributed by atoms with Crippen molar-refractivity contribution in [2.24, 2.45) is 0 Å². The summed E-state index contributed by atoms with van der Waals surface area (Å²) < 4.78 is 15.9. The van der Waals surface area contributed by atoms with Gasteiger partial charge >= 0.3 is 5.97 Å². The highest BCUT2D eigenvalue weighted by atomic mass is 16.5. The summed E-state index contributed by atoms with van der Waals surface area (Å²) in [6, 6.07) is 10.9. The van der Waals surface area contributed by atoms with Crippen LogP contribution in [0, 0.1) is 0 Å². The molecule has 1 amide bonds. The van der Waals surface area contributed by atoms with Gasteiger partial charge in [-0.25, -0.2) is 4.79 Å². The zero-order chi connectivity index (χ0) is 19.1. The molecule has 2 N–H and O–H groups in total. The molecule has 0 unspecified atom stereocenters. The van der Waals surface area contributed by atoms with Crippen LogP contribution in [0.4, 0.5) is 0 Å². The molecular weight excluding hydrogens is 338 g/mol. The first-order valence-corrected chi connectivity index (χ1v) is 7.92. The number of carboxylic acid groups (broad SMARTS) is 1. The van der Waals surface area contributed by atoms with E-state index in [-0.39, 0.29) is 24.1 Å². The van der Waals surface area contributed by atoms with E-state index in [0.29, 0.717) is 17.2 Å². The van der Waals surface area contributed by atoms with Crippen LogP contribution in [-0.2, 0) is 4.79 Å². The Morgan fingerprint density at radius 1 is 1.04 bits per heavy atom. The monoisotopic (exact) mass is 359 g/mol. The van der Waals surface area contributed by atoms with E-state index in [2.05, 4.69) is 5.32 Å². The number of carboxylic acids is 1. The van der Waals surface area contributed by atoms with Gasteiger partial charge in [-0.2, -0.15) is 0 Å². The van der Waals surface area contributed by atoms with Gasteiger partial charge in [0.15, 0.2) is 6.61 Å². The van der Waals surface area contributed by atoms with Gasteiger partial charge in [-0.1, -0.05) is 0 Å². The van der Waals surface area contributed by atoms with Gasteiger partial charge in [0, 0.05) is 5.56 Å². The van der Waals surface area contributed by atoms with Crippen molar-refractivity contribution in [1.82, 2.24) is 5.32 Å². The van der Waals surface area contributed by atoms with E-state index in [9.17, 15) is 9.59 Å². The number of benzene rings is 2. The molecule has 7 nitrogen and oxygen atoms in total. The van der Waals surface area contributed by atoms with Crippen LogP contribution in [0.5, 0.6) is 17.2 Å². The number of hydrogen-bond acceptors (Lipinski definition) is 5. The molecule has 0 aliphatic rings. The highest BCUT2D eigenvalue weighted by molar-refractivity contribution is 5.87. The summed E-state index contributed by atoms with van der Waals surface area (Å²) in [6.45, 7) is 1.64. The highest BCUT2D eigenvalue weighted by Crippen LogP contribution is 2.29. The zero-order valence-corrected chi connectivity index (χ0v) is 14.8. The summed E-state index contributed by atoms with van der Waals surface area (Å²) in [6.07, 6.45) is 0. The van der Waals surface area contributed by atoms with Gasteiger partial charge in [0.1, 0.15) is 17.2 Å². The third-order valence-electron chi connectivity index (χ3n) is 3.75. The molecule has 0 fully saturated rings.